The van der Waals surface area contributed by atoms with Crippen LogP contribution in [0.3, 0.4) is 0 Å². The van der Waals surface area contributed by atoms with E-state index in [0.29, 0.717) is 12.5 Å². The fraction of sp³-hybridized carbons (Fsp3) is 0.500. The van der Waals surface area contributed by atoms with Gasteiger partial charge in [0.05, 0.1) is 13.2 Å². The van der Waals surface area contributed by atoms with Gasteiger partial charge in [0.25, 0.3) is 0 Å². The number of ether oxygens (including phenoxy) is 1. The van der Waals surface area contributed by atoms with Gasteiger partial charge in [-0.1, -0.05) is 29.8 Å². The lowest BCUT2D eigenvalue weighted by atomic mass is 10.1. The molecule has 1 aliphatic heterocycles. The third-order valence-electron chi connectivity index (χ3n) is 2.73. The first kappa shape index (κ1) is 10.9. The van der Waals surface area contributed by atoms with Gasteiger partial charge in [-0.05, 0) is 30.5 Å². The van der Waals surface area contributed by atoms with Crippen LogP contribution in [-0.4, -0.2) is 19.7 Å². The van der Waals surface area contributed by atoms with Crippen LogP contribution in [-0.2, 0) is 11.3 Å². The van der Waals surface area contributed by atoms with E-state index in [-0.39, 0.29) is 0 Å². The average Bonchev–Trinajstić information content (AvgIpc) is 2.74. The maximum absolute atomic E-state index is 6.03. The Hall–Kier alpha value is -0.570. The second kappa shape index (κ2) is 5.50. The summed E-state index contributed by atoms with van der Waals surface area (Å²) in [7, 11) is 0. The van der Waals surface area contributed by atoms with Crippen molar-refractivity contribution in [3.05, 3.63) is 34.9 Å². The Kier molecular flexibility index (Phi) is 4.01. The third-order valence-corrected chi connectivity index (χ3v) is 3.10. The highest BCUT2D eigenvalue weighted by atomic mass is 35.5. The van der Waals surface area contributed by atoms with Gasteiger partial charge in [0.2, 0.25) is 0 Å². The minimum atomic E-state index is 0.621. The van der Waals surface area contributed by atoms with E-state index in [1.54, 1.807) is 0 Å². The van der Waals surface area contributed by atoms with E-state index in [4.69, 9.17) is 16.3 Å². The second-order valence-electron chi connectivity index (χ2n) is 3.97. The summed E-state index contributed by atoms with van der Waals surface area (Å²) in [6.45, 7) is 3.66. The minimum absolute atomic E-state index is 0.621. The highest BCUT2D eigenvalue weighted by Crippen LogP contribution is 2.16. The van der Waals surface area contributed by atoms with Crippen LogP contribution in [0.4, 0.5) is 0 Å². The van der Waals surface area contributed by atoms with Crippen molar-refractivity contribution in [1.29, 1.82) is 0 Å². The Morgan fingerprint density at radius 3 is 3.00 bits per heavy atom. The lowest BCUT2D eigenvalue weighted by Crippen LogP contribution is -2.13. The van der Waals surface area contributed by atoms with Crippen LogP contribution >= 0.6 is 11.6 Å². The van der Waals surface area contributed by atoms with Crippen molar-refractivity contribution in [2.75, 3.05) is 19.7 Å². The Balaban J connectivity index is 1.75. The maximum Gasteiger partial charge on any atom is 0.0731 e. The first-order chi connectivity index (χ1) is 7.36. The van der Waals surface area contributed by atoms with E-state index in [1.165, 1.54) is 6.42 Å². The van der Waals surface area contributed by atoms with Crippen molar-refractivity contribution in [3.63, 3.8) is 0 Å². The van der Waals surface area contributed by atoms with Gasteiger partial charge in [0.15, 0.2) is 0 Å². The molecule has 1 aromatic carbocycles. The van der Waals surface area contributed by atoms with E-state index in [0.717, 1.165) is 30.3 Å². The normalized spacial score (nSPS) is 20.7. The molecule has 1 heterocycles. The van der Waals surface area contributed by atoms with Crippen molar-refractivity contribution < 1.29 is 4.74 Å². The average molecular weight is 226 g/mol. The molecule has 0 spiro atoms. The number of hydrogen-bond acceptors (Lipinski definition) is 2. The van der Waals surface area contributed by atoms with Crippen LogP contribution in [0.5, 0.6) is 0 Å². The topological polar surface area (TPSA) is 21.3 Å². The van der Waals surface area contributed by atoms with Gasteiger partial charge in [-0.15, -0.1) is 0 Å². The van der Waals surface area contributed by atoms with Crippen LogP contribution in [0, 0.1) is 5.92 Å². The van der Waals surface area contributed by atoms with Gasteiger partial charge in [-0.3, -0.25) is 0 Å². The number of hydrogen-bond donors (Lipinski definition) is 1. The van der Waals surface area contributed by atoms with Crippen LogP contribution < -0.4 is 5.32 Å². The molecule has 82 valence electrons. The third kappa shape index (κ3) is 3.20. The standard InChI is InChI=1S/C12H16ClNO/c13-12-4-2-1-3-11(12)9-15-8-10-5-6-14-7-10/h1-4,10,14H,5-9H2/t10-/m0/s1. The molecule has 0 aliphatic carbocycles. The number of rotatable bonds is 4. The fourth-order valence-corrected chi connectivity index (χ4v) is 2.00. The number of benzene rings is 1. The zero-order valence-corrected chi connectivity index (χ0v) is 9.46. The molecule has 1 aliphatic rings. The van der Waals surface area contributed by atoms with Gasteiger partial charge in [0, 0.05) is 11.6 Å². The van der Waals surface area contributed by atoms with Gasteiger partial charge in [0.1, 0.15) is 0 Å². The lowest BCUT2D eigenvalue weighted by molar-refractivity contribution is 0.0925. The molecular formula is C12H16ClNO. The monoisotopic (exact) mass is 225 g/mol. The first-order valence-corrected chi connectivity index (χ1v) is 5.76. The zero-order chi connectivity index (χ0) is 10.5. The molecule has 0 aromatic heterocycles. The largest absolute Gasteiger partial charge is 0.376 e. The fourth-order valence-electron chi connectivity index (χ4n) is 1.81. The summed E-state index contributed by atoms with van der Waals surface area (Å²) in [5.41, 5.74) is 1.07. The molecule has 1 fully saturated rings. The Morgan fingerprint density at radius 2 is 2.27 bits per heavy atom. The Bertz CT molecular complexity index is 310. The van der Waals surface area contributed by atoms with Crippen LogP contribution in [0.15, 0.2) is 24.3 Å². The molecule has 15 heavy (non-hydrogen) atoms. The van der Waals surface area contributed by atoms with Crippen LogP contribution in [0.1, 0.15) is 12.0 Å². The van der Waals surface area contributed by atoms with Crippen molar-refractivity contribution in [3.8, 4) is 0 Å². The van der Waals surface area contributed by atoms with Gasteiger partial charge in [-0.2, -0.15) is 0 Å². The molecule has 0 unspecified atom stereocenters. The molecule has 0 amide bonds. The SMILES string of the molecule is Clc1ccccc1COC[C@H]1CCNC1. The molecule has 1 aromatic rings. The minimum Gasteiger partial charge on any atom is -0.376 e. The van der Waals surface area contributed by atoms with Crippen molar-refractivity contribution in [2.24, 2.45) is 5.92 Å². The van der Waals surface area contributed by atoms with Gasteiger partial charge in [-0.25, -0.2) is 0 Å². The summed E-state index contributed by atoms with van der Waals surface area (Å²) in [5.74, 6) is 0.674. The second-order valence-corrected chi connectivity index (χ2v) is 4.37. The van der Waals surface area contributed by atoms with E-state index in [1.807, 2.05) is 24.3 Å². The van der Waals surface area contributed by atoms with Gasteiger partial charge < -0.3 is 10.1 Å². The van der Waals surface area contributed by atoms with Gasteiger partial charge >= 0.3 is 0 Å². The van der Waals surface area contributed by atoms with Crippen molar-refractivity contribution in [1.82, 2.24) is 5.32 Å². The summed E-state index contributed by atoms with van der Waals surface area (Å²) in [6, 6.07) is 7.83. The van der Waals surface area contributed by atoms with E-state index in [9.17, 15) is 0 Å². The summed E-state index contributed by atoms with van der Waals surface area (Å²) >= 11 is 6.03. The maximum atomic E-state index is 6.03. The predicted octanol–water partition coefficient (Wildman–Crippen LogP) is 2.47. The molecule has 1 atom stereocenters. The highest BCUT2D eigenvalue weighted by molar-refractivity contribution is 6.31. The summed E-state index contributed by atoms with van der Waals surface area (Å²) in [5, 5.41) is 4.12. The smallest absolute Gasteiger partial charge is 0.0731 e. The summed E-state index contributed by atoms with van der Waals surface area (Å²) in [4.78, 5) is 0. The van der Waals surface area contributed by atoms with Crippen LogP contribution in [0.2, 0.25) is 5.02 Å². The van der Waals surface area contributed by atoms with E-state index in [2.05, 4.69) is 5.32 Å². The Morgan fingerprint density at radius 1 is 1.40 bits per heavy atom. The molecule has 2 rings (SSSR count). The molecule has 3 heteroatoms. The molecular weight excluding hydrogens is 210 g/mol. The number of nitrogens with one attached hydrogen (secondary N) is 1. The summed E-state index contributed by atoms with van der Waals surface area (Å²) < 4.78 is 5.66. The first-order valence-electron chi connectivity index (χ1n) is 5.38. The lowest BCUT2D eigenvalue weighted by Gasteiger charge is -2.10. The molecule has 1 saturated heterocycles. The predicted molar refractivity (Wildman–Crippen MR) is 62.1 cm³/mol. The quantitative estimate of drug-likeness (QED) is 0.850. The van der Waals surface area contributed by atoms with E-state index >= 15 is 0 Å². The van der Waals surface area contributed by atoms with E-state index < -0.39 is 0 Å². The van der Waals surface area contributed by atoms with Crippen molar-refractivity contribution >= 4 is 11.6 Å². The molecule has 1 N–H and O–H groups in total. The molecule has 0 saturated carbocycles. The van der Waals surface area contributed by atoms with Crippen LogP contribution in [0.25, 0.3) is 0 Å². The number of halogens is 1. The molecule has 0 bridgehead atoms. The zero-order valence-electron chi connectivity index (χ0n) is 8.71. The molecule has 2 nitrogen and oxygen atoms in total. The summed E-state index contributed by atoms with van der Waals surface area (Å²) in [6.07, 6.45) is 1.22. The Labute approximate surface area is 95.6 Å². The molecule has 0 radical (unpaired) electrons. The van der Waals surface area contributed by atoms with Crippen molar-refractivity contribution in [2.45, 2.75) is 13.0 Å². The highest BCUT2D eigenvalue weighted by Gasteiger charge is 2.14.